The van der Waals surface area contributed by atoms with E-state index in [1.165, 1.54) is 12.1 Å². The van der Waals surface area contributed by atoms with E-state index in [9.17, 15) is 13.2 Å². The summed E-state index contributed by atoms with van der Waals surface area (Å²) in [5.74, 6) is -0.339. The Morgan fingerprint density at radius 3 is 2.64 bits per heavy atom. The topological polar surface area (TPSA) is 102 Å². The first-order valence-corrected chi connectivity index (χ1v) is 8.08. The van der Waals surface area contributed by atoms with Crippen LogP contribution in [0.1, 0.15) is 27.2 Å². The monoisotopic (exact) mass is 323 g/mol. The molecule has 1 heterocycles. The Bertz CT molecular complexity index is 762. The second-order valence-electron chi connectivity index (χ2n) is 6.04. The van der Waals surface area contributed by atoms with Gasteiger partial charge in [-0.15, -0.1) is 10.2 Å². The average Bonchev–Trinajstić information content (AvgIpc) is 2.89. The number of carbonyl (C=O) groups is 1. The molecule has 1 N–H and O–H groups in total. The van der Waals surface area contributed by atoms with E-state index in [4.69, 9.17) is 4.42 Å². The third kappa shape index (κ3) is 4.14. The van der Waals surface area contributed by atoms with Gasteiger partial charge in [-0.25, -0.2) is 13.1 Å². The van der Waals surface area contributed by atoms with E-state index in [1.54, 1.807) is 12.1 Å². The summed E-state index contributed by atoms with van der Waals surface area (Å²) in [4.78, 5) is 11.8. The number of hydrogen-bond donors (Lipinski definition) is 1. The first-order valence-electron chi connectivity index (χ1n) is 6.60. The van der Waals surface area contributed by atoms with Crippen LogP contribution < -0.4 is 4.72 Å². The fourth-order valence-electron chi connectivity index (χ4n) is 1.82. The van der Waals surface area contributed by atoms with Crippen LogP contribution in [0.4, 0.5) is 0 Å². The minimum absolute atomic E-state index is 0.0366. The zero-order valence-electron chi connectivity index (χ0n) is 12.5. The molecule has 0 aliphatic carbocycles. The highest BCUT2D eigenvalue weighted by Gasteiger charge is 2.22. The third-order valence-electron chi connectivity index (χ3n) is 2.69. The summed E-state index contributed by atoms with van der Waals surface area (Å²) < 4.78 is 31.6. The Balaban J connectivity index is 2.23. The Kier molecular flexibility index (Phi) is 4.32. The summed E-state index contributed by atoms with van der Waals surface area (Å²) in [6, 6.07) is 5.96. The molecule has 0 saturated carbocycles. The molecule has 0 atom stereocenters. The number of hydrogen-bond acceptors (Lipinski definition) is 6. The molecule has 0 aliphatic rings. The molecular formula is C14H17N3O4S. The molecular weight excluding hydrogens is 306 g/mol. The molecule has 0 fully saturated rings. The van der Waals surface area contributed by atoms with Crippen LogP contribution in [0, 0.1) is 5.41 Å². The van der Waals surface area contributed by atoms with Gasteiger partial charge in [0.2, 0.25) is 18.2 Å². The maximum absolute atomic E-state index is 12.3. The van der Waals surface area contributed by atoms with Crippen LogP contribution in [0.25, 0.3) is 11.5 Å². The van der Waals surface area contributed by atoms with E-state index in [-0.39, 0.29) is 22.6 Å². The van der Waals surface area contributed by atoms with E-state index in [0.29, 0.717) is 5.56 Å². The highest BCUT2D eigenvalue weighted by Crippen LogP contribution is 2.21. The fraction of sp³-hybridized carbons (Fsp3) is 0.357. The molecule has 0 unspecified atom stereocenters. The molecule has 0 saturated heterocycles. The van der Waals surface area contributed by atoms with Crippen LogP contribution in [0.5, 0.6) is 0 Å². The average molecular weight is 323 g/mol. The predicted octanol–water partition coefficient (Wildman–Crippen LogP) is 1.98. The number of carbonyl (C=O) groups excluding carboxylic acids is 1. The van der Waals surface area contributed by atoms with Gasteiger partial charge in [0.05, 0.1) is 4.90 Å². The van der Waals surface area contributed by atoms with Crippen molar-refractivity contribution in [3.05, 3.63) is 30.7 Å². The van der Waals surface area contributed by atoms with Crippen molar-refractivity contribution in [1.82, 2.24) is 14.9 Å². The van der Waals surface area contributed by atoms with Crippen LogP contribution in [-0.4, -0.2) is 24.5 Å². The number of amides is 1. The molecule has 0 bridgehead atoms. The summed E-state index contributed by atoms with van der Waals surface area (Å²) in [7, 11) is -3.93. The number of nitrogens with zero attached hydrogens (tertiary/aromatic N) is 2. The van der Waals surface area contributed by atoms with Crippen molar-refractivity contribution >= 4 is 15.9 Å². The second kappa shape index (κ2) is 5.88. The smallest absolute Gasteiger partial charge is 0.264 e. The maximum Gasteiger partial charge on any atom is 0.264 e. The van der Waals surface area contributed by atoms with Crippen LogP contribution in [0.3, 0.4) is 0 Å². The molecule has 0 spiro atoms. The number of benzene rings is 1. The van der Waals surface area contributed by atoms with Gasteiger partial charge in [-0.1, -0.05) is 26.8 Å². The van der Waals surface area contributed by atoms with Gasteiger partial charge in [0, 0.05) is 12.0 Å². The van der Waals surface area contributed by atoms with Gasteiger partial charge in [0.15, 0.2) is 0 Å². The van der Waals surface area contributed by atoms with Gasteiger partial charge in [0.1, 0.15) is 0 Å². The fourth-order valence-corrected chi connectivity index (χ4v) is 2.85. The molecule has 0 aliphatic heterocycles. The second-order valence-corrected chi connectivity index (χ2v) is 7.72. The lowest BCUT2D eigenvalue weighted by atomic mass is 9.92. The van der Waals surface area contributed by atoms with Crippen LogP contribution >= 0.6 is 0 Å². The van der Waals surface area contributed by atoms with Crippen molar-refractivity contribution in [3.63, 3.8) is 0 Å². The van der Waals surface area contributed by atoms with Gasteiger partial charge < -0.3 is 4.42 Å². The number of sulfonamides is 1. The minimum atomic E-state index is -3.93. The quantitative estimate of drug-likeness (QED) is 0.923. The molecule has 1 aromatic heterocycles. The van der Waals surface area contributed by atoms with E-state index < -0.39 is 15.9 Å². The van der Waals surface area contributed by atoms with Gasteiger partial charge in [-0.3, -0.25) is 4.79 Å². The van der Waals surface area contributed by atoms with Crippen molar-refractivity contribution in [3.8, 4) is 11.5 Å². The zero-order valence-corrected chi connectivity index (χ0v) is 13.3. The van der Waals surface area contributed by atoms with Crippen molar-refractivity contribution < 1.29 is 17.6 Å². The van der Waals surface area contributed by atoms with E-state index in [1.807, 2.05) is 20.8 Å². The third-order valence-corrected chi connectivity index (χ3v) is 4.06. The lowest BCUT2D eigenvalue weighted by Crippen LogP contribution is -2.33. The molecule has 0 radical (unpaired) electrons. The van der Waals surface area contributed by atoms with Crippen LogP contribution in [0.2, 0.25) is 0 Å². The standard InChI is InChI=1S/C14H17N3O4S/c1-14(2,3)8-12(18)17-22(19,20)11-6-4-5-10(7-11)13-16-15-9-21-13/h4-7,9H,8H2,1-3H3,(H,17,18). The summed E-state index contributed by atoms with van der Waals surface area (Å²) in [5.41, 5.74) is 0.161. The summed E-state index contributed by atoms with van der Waals surface area (Å²) in [5, 5.41) is 7.26. The molecule has 1 amide bonds. The summed E-state index contributed by atoms with van der Waals surface area (Å²) >= 11 is 0. The maximum atomic E-state index is 12.3. The van der Waals surface area contributed by atoms with Crippen LogP contribution in [-0.2, 0) is 14.8 Å². The zero-order chi connectivity index (χ0) is 16.4. The molecule has 2 rings (SSSR count). The van der Waals surface area contributed by atoms with Gasteiger partial charge in [-0.05, 0) is 23.6 Å². The lowest BCUT2D eigenvalue weighted by Gasteiger charge is -2.17. The Labute approximate surface area is 128 Å². The first-order chi connectivity index (χ1) is 10.2. The van der Waals surface area contributed by atoms with Gasteiger partial charge >= 0.3 is 0 Å². The number of nitrogens with one attached hydrogen (secondary N) is 1. The highest BCUT2D eigenvalue weighted by atomic mass is 32.2. The minimum Gasteiger partial charge on any atom is -0.423 e. The number of rotatable bonds is 4. The van der Waals surface area contributed by atoms with E-state index >= 15 is 0 Å². The lowest BCUT2D eigenvalue weighted by molar-refractivity contribution is -0.121. The Morgan fingerprint density at radius 2 is 2.05 bits per heavy atom. The first kappa shape index (κ1) is 16.2. The SMILES string of the molecule is CC(C)(C)CC(=O)NS(=O)(=O)c1cccc(-c2nnco2)c1. The van der Waals surface area contributed by atoms with Gasteiger partial charge in [0.25, 0.3) is 10.0 Å². The Hall–Kier alpha value is -2.22. The molecule has 1 aromatic carbocycles. The van der Waals surface area contributed by atoms with Crippen molar-refractivity contribution in [2.45, 2.75) is 32.1 Å². The van der Waals surface area contributed by atoms with Gasteiger partial charge in [-0.2, -0.15) is 0 Å². The molecule has 7 nitrogen and oxygen atoms in total. The van der Waals surface area contributed by atoms with E-state index in [0.717, 1.165) is 6.39 Å². The molecule has 8 heteroatoms. The number of aromatic nitrogens is 2. The predicted molar refractivity (Wildman–Crippen MR) is 79.1 cm³/mol. The van der Waals surface area contributed by atoms with Crippen LogP contribution in [0.15, 0.2) is 40.0 Å². The van der Waals surface area contributed by atoms with Crippen molar-refractivity contribution in [1.29, 1.82) is 0 Å². The largest absolute Gasteiger partial charge is 0.423 e. The summed E-state index contributed by atoms with van der Waals surface area (Å²) in [6.07, 6.45) is 1.26. The Morgan fingerprint density at radius 1 is 1.32 bits per heavy atom. The highest BCUT2D eigenvalue weighted by molar-refractivity contribution is 7.90. The van der Waals surface area contributed by atoms with Crippen molar-refractivity contribution in [2.24, 2.45) is 5.41 Å². The molecule has 22 heavy (non-hydrogen) atoms. The van der Waals surface area contributed by atoms with Crippen molar-refractivity contribution in [2.75, 3.05) is 0 Å². The normalized spacial score (nSPS) is 12.1. The van der Waals surface area contributed by atoms with E-state index in [2.05, 4.69) is 14.9 Å². The molecule has 2 aromatic rings. The summed E-state index contributed by atoms with van der Waals surface area (Å²) in [6.45, 7) is 5.57. The molecule has 118 valence electrons.